The lowest BCUT2D eigenvalue weighted by atomic mass is 9.95. The number of rotatable bonds is 2. The van der Waals surface area contributed by atoms with Crippen LogP contribution in [0.3, 0.4) is 0 Å². The minimum absolute atomic E-state index is 0.639. The van der Waals surface area contributed by atoms with E-state index >= 15 is 0 Å². The van der Waals surface area contributed by atoms with E-state index in [1.165, 1.54) is 5.56 Å². The Morgan fingerprint density at radius 2 is 1.67 bits per heavy atom. The number of hydrogen-bond acceptors (Lipinski definition) is 3. The Kier molecular flexibility index (Phi) is 3.43. The fourth-order valence-electron chi connectivity index (χ4n) is 2.15. The first-order valence-electron chi connectivity index (χ1n) is 6.05. The van der Waals surface area contributed by atoms with Crippen molar-refractivity contribution in [3.05, 3.63) is 57.9 Å². The highest BCUT2D eigenvalue weighted by Gasteiger charge is 2.16. The molecule has 1 aromatic heterocycles. The van der Waals surface area contributed by atoms with Crippen molar-refractivity contribution in [2.24, 2.45) is 0 Å². The summed E-state index contributed by atoms with van der Waals surface area (Å²) in [6, 6.07) is 7.97. The summed E-state index contributed by atoms with van der Waals surface area (Å²) in [5.74, 6) is 0. The molecule has 0 amide bonds. The second-order valence-corrected chi connectivity index (χ2v) is 4.79. The molecular weight excluding hydrogens is 224 g/mol. The molecule has 0 spiro atoms. The highest BCUT2D eigenvalue weighted by atomic mass is 16.3. The van der Waals surface area contributed by atoms with Crippen LogP contribution >= 0.6 is 0 Å². The van der Waals surface area contributed by atoms with Crippen LogP contribution in [0.4, 0.5) is 0 Å². The normalized spacial score (nSPS) is 12.5. The van der Waals surface area contributed by atoms with Crippen molar-refractivity contribution in [3.63, 3.8) is 0 Å². The lowest BCUT2D eigenvalue weighted by molar-refractivity contribution is 0.218. The second-order valence-electron chi connectivity index (χ2n) is 4.79. The molecule has 0 bridgehead atoms. The van der Waals surface area contributed by atoms with Gasteiger partial charge in [-0.25, -0.2) is 0 Å². The van der Waals surface area contributed by atoms with E-state index in [0.29, 0.717) is 0 Å². The number of aliphatic hydroxyl groups is 1. The van der Waals surface area contributed by atoms with Gasteiger partial charge in [0.05, 0.1) is 11.4 Å². The average Bonchev–Trinajstić information content (AvgIpc) is 2.31. The summed E-state index contributed by atoms with van der Waals surface area (Å²) < 4.78 is 0. The number of aromatic nitrogens is 2. The van der Waals surface area contributed by atoms with Gasteiger partial charge in [0, 0.05) is 5.56 Å². The van der Waals surface area contributed by atoms with Crippen LogP contribution in [0.5, 0.6) is 0 Å². The van der Waals surface area contributed by atoms with Crippen molar-refractivity contribution in [3.8, 4) is 0 Å². The monoisotopic (exact) mass is 242 g/mol. The van der Waals surface area contributed by atoms with Gasteiger partial charge in [-0.3, -0.25) is 0 Å². The topological polar surface area (TPSA) is 46.0 Å². The molecule has 0 radical (unpaired) electrons. The Balaban J connectivity index is 2.47. The predicted octanol–water partition coefficient (Wildman–Crippen LogP) is 2.79. The van der Waals surface area contributed by atoms with Gasteiger partial charge in [-0.15, -0.1) is 0 Å². The van der Waals surface area contributed by atoms with Gasteiger partial charge >= 0.3 is 0 Å². The van der Waals surface area contributed by atoms with E-state index in [1.54, 1.807) is 0 Å². The fourth-order valence-corrected chi connectivity index (χ4v) is 2.15. The molecule has 1 atom stereocenters. The molecule has 1 aromatic carbocycles. The molecular formula is C15H18N2O. The first kappa shape index (κ1) is 12.7. The third-order valence-corrected chi connectivity index (χ3v) is 3.15. The highest BCUT2D eigenvalue weighted by molar-refractivity contribution is 5.38. The van der Waals surface area contributed by atoms with E-state index in [2.05, 4.69) is 16.3 Å². The van der Waals surface area contributed by atoms with Crippen molar-refractivity contribution in [1.29, 1.82) is 0 Å². The van der Waals surface area contributed by atoms with Crippen LogP contribution in [-0.4, -0.2) is 15.3 Å². The van der Waals surface area contributed by atoms with E-state index in [9.17, 15) is 5.11 Å². The molecule has 0 aliphatic heterocycles. The lowest BCUT2D eigenvalue weighted by Crippen LogP contribution is -2.07. The van der Waals surface area contributed by atoms with Crippen molar-refractivity contribution in [2.75, 3.05) is 0 Å². The SMILES string of the molecule is Cc1ccc(C(O)c2cc(C)nnc2C)c(C)c1. The molecule has 94 valence electrons. The molecule has 0 saturated carbocycles. The predicted molar refractivity (Wildman–Crippen MR) is 71.5 cm³/mol. The molecule has 2 rings (SSSR count). The van der Waals surface area contributed by atoms with Crippen LogP contribution in [0.25, 0.3) is 0 Å². The van der Waals surface area contributed by atoms with Crippen molar-refractivity contribution >= 4 is 0 Å². The largest absolute Gasteiger partial charge is 0.384 e. The third-order valence-electron chi connectivity index (χ3n) is 3.15. The quantitative estimate of drug-likeness (QED) is 0.880. The first-order valence-corrected chi connectivity index (χ1v) is 6.05. The van der Waals surface area contributed by atoms with Gasteiger partial charge in [0.1, 0.15) is 6.10 Å². The van der Waals surface area contributed by atoms with Crippen LogP contribution in [-0.2, 0) is 0 Å². The van der Waals surface area contributed by atoms with Gasteiger partial charge in [-0.1, -0.05) is 23.8 Å². The summed E-state index contributed by atoms with van der Waals surface area (Å²) in [7, 11) is 0. The Bertz CT molecular complexity index is 579. The maximum Gasteiger partial charge on any atom is 0.106 e. The average molecular weight is 242 g/mol. The minimum atomic E-state index is -0.639. The molecule has 1 N–H and O–H groups in total. The molecule has 0 saturated heterocycles. The van der Waals surface area contributed by atoms with Crippen molar-refractivity contribution in [2.45, 2.75) is 33.8 Å². The van der Waals surface area contributed by atoms with Gasteiger partial charge in [-0.2, -0.15) is 10.2 Å². The molecule has 0 fully saturated rings. The van der Waals surface area contributed by atoms with Gasteiger partial charge < -0.3 is 5.11 Å². The number of aryl methyl sites for hydroxylation is 4. The van der Waals surface area contributed by atoms with Gasteiger partial charge in [0.2, 0.25) is 0 Å². The number of nitrogens with zero attached hydrogens (tertiary/aromatic N) is 2. The maximum absolute atomic E-state index is 10.5. The fraction of sp³-hybridized carbons (Fsp3) is 0.333. The van der Waals surface area contributed by atoms with E-state index in [4.69, 9.17) is 0 Å². The Morgan fingerprint density at radius 3 is 2.33 bits per heavy atom. The summed E-state index contributed by atoms with van der Waals surface area (Å²) in [5.41, 5.74) is 5.64. The van der Waals surface area contributed by atoms with E-state index in [-0.39, 0.29) is 0 Å². The van der Waals surface area contributed by atoms with E-state index < -0.39 is 6.10 Å². The molecule has 1 heterocycles. The molecule has 0 aliphatic carbocycles. The molecule has 3 nitrogen and oxygen atoms in total. The molecule has 18 heavy (non-hydrogen) atoms. The molecule has 0 aliphatic rings. The minimum Gasteiger partial charge on any atom is -0.384 e. The zero-order chi connectivity index (χ0) is 13.3. The summed E-state index contributed by atoms with van der Waals surface area (Å²) in [5, 5.41) is 18.6. The molecule has 3 heteroatoms. The molecule has 1 unspecified atom stereocenters. The first-order chi connectivity index (χ1) is 8.49. The summed E-state index contributed by atoms with van der Waals surface area (Å²) in [6.45, 7) is 7.81. The number of benzene rings is 1. The zero-order valence-electron chi connectivity index (χ0n) is 11.2. The highest BCUT2D eigenvalue weighted by Crippen LogP contribution is 2.26. The Hall–Kier alpha value is -1.74. The third kappa shape index (κ3) is 2.41. The van der Waals surface area contributed by atoms with Gasteiger partial charge in [0.25, 0.3) is 0 Å². The van der Waals surface area contributed by atoms with Crippen LogP contribution in [0.2, 0.25) is 0 Å². The number of hydrogen-bond donors (Lipinski definition) is 1. The maximum atomic E-state index is 10.5. The summed E-state index contributed by atoms with van der Waals surface area (Å²) in [6.07, 6.45) is -0.639. The van der Waals surface area contributed by atoms with Crippen LogP contribution in [0.1, 0.15) is 39.7 Å². The second kappa shape index (κ2) is 4.86. The molecule has 2 aromatic rings. The van der Waals surface area contributed by atoms with Crippen LogP contribution in [0, 0.1) is 27.7 Å². The van der Waals surface area contributed by atoms with Crippen LogP contribution in [0.15, 0.2) is 24.3 Å². The van der Waals surface area contributed by atoms with Crippen LogP contribution < -0.4 is 0 Å². The van der Waals surface area contributed by atoms with Gasteiger partial charge in [0.15, 0.2) is 0 Å². The zero-order valence-corrected chi connectivity index (χ0v) is 11.2. The van der Waals surface area contributed by atoms with Crippen molar-refractivity contribution < 1.29 is 5.11 Å². The summed E-state index contributed by atoms with van der Waals surface area (Å²) >= 11 is 0. The lowest BCUT2D eigenvalue weighted by Gasteiger charge is -2.16. The standard InChI is InChI=1S/C15H18N2O/c1-9-5-6-13(10(2)7-9)15(18)14-8-11(3)16-17-12(14)4/h5-8,15,18H,1-4H3. The summed E-state index contributed by atoms with van der Waals surface area (Å²) in [4.78, 5) is 0. The number of aliphatic hydroxyl groups excluding tert-OH is 1. The van der Waals surface area contributed by atoms with E-state index in [0.717, 1.165) is 28.1 Å². The smallest absolute Gasteiger partial charge is 0.106 e. The van der Waals surface area contributed by atoms with Crippen molar-refractivity contribution in [1.82, 2.24) is 10.2 Å². The Labute approximate surface area is 108 Å². The Morgan fingerprint density at radius 1 is 0.944 bits per heavy atom. The van der Waals surface area contributed by atoms with Gasteiger partial charge in [-0.05, 0) is 44.9 Å². The van der Waals surface area contributed by atoms with E-state index in [1.807, 2.05) is 45.9 Å².